The fourth-order valence-electron chi connectivity index (χ4n) is 3.44. The van der Waals surface area contributed by atoms with Gasteiger partial charge in [-0.2, -0.15) is 5.10 Å². The van der Waals surface area contributed by atoms with E-state index >= 15 is 0 Å². The molecule has 0 bridgehead atoms. The number of hydrogen-bond donors (Lipinski definition) is 1. The number of aryl methyl sites for hydroxylation is 1. The minimum atomic E-state index is -0.522. The van der Waals surface area contributed by atoms with Crippen molar-refractivity contribution in [3.8, 4) is 0 Å². The number of rotatable bonds is 1. The summed E-state index contributed by atoms with van der Waals surface area (Å²) in [5.74, 6) is -0.0288. The van der Waals surface area contributed by atoms with Crippen molar-refractivity contribution >= 4 is 12.0 Å². The maximum Gasteiger partial charge on any atom is 0.410 e. The number of carbonyl (C=O) groups excluding carboxylic acids is 2. The standard InChI is InChI=1S/C18H26N4O4/c1-18(2,3)26-17(25)22-8-6-21(7-9-22)16(24)12-4-5-14-13(10-12)11-15(23)20-19-14/h11-12H,4-10H2,1-3H3,(H,20,23)/t12-/m0/s1. The van der Waals surface area contributed by atoms with Crippen LogP contribution in [0.15, 0.2) is 10.9 Å². The van der Waals surface area contributed by atoms with Crippen LogP contribution < -0.4 is 5.56 Å². The normalized spacial score (nSPS) is 20.5. The van der Waals surface area contributed by atoms with Crippen LogP contribution in [0.3, 0.4) is 0 Å². The third-order valence-corrected chi connectivity index (χ3v) is 4.77. The summed E-state index contributed by atoms with van der Waals surface area (Å²) in [6.07, 6.45) is 1.65. The molecule has 26 heavy (non-hydrogen) atoms. The summed E-state index contributed by atoms with van der Waals surface area (Å²) in [6.45, 7) is 7.49. The Labute approximate surface area is 152 Å². The number of piperazine rings is 1. The van der Waals surface area contributed by atoms with Gasteiger partial charge in [-0.05, 0) is 45.6 Å². The van der Waals surface area contributed by atoms with Crippen molar-refractivity contribution in [3.63, 3.8) is 0 Å². The number of nitrogens with one attached hydrogen (secondary N) is 1. The van der Waals surface area contributed by atoms with E-state index in [0.717, 1.165) is 17.7 Å². The number of nitrogens with zero attached hydrogens (tertiary/aromatic N) is 3. The lowest BCUT2D eigenvalue weighted by molar-refractivity contribution is -0.137. The Kier molecular flexibility index (Phi) is 5.02. The predicted molar refractivity (Wildman–Crippen MR) is 94.8 cm³/mol. The molecule has 0 radical (unpaired) electrons. The number of aromatic nitrogens is 2. The van der Waals surface area contributed by atoms with Gasteiger partial charge in [0.2, 0.25) is 5.91 Å². The van der Waals surface area contributed by atoms with Crippen LogP contribution in [0, 0.1) is 5.92 Å². The molecule has 0 spiro atoms. The largest absolute Gasteiger partial charge is 0.444 e. The minimum Gasteiger partial charge on any atom is -0.444 e. The van der Waals surface area contributed by atoms with Gasteiger partial charge < -0.3 is 14.5 Å². The first-order valence-corrected chi connectivity index (χ1v) is 9.07. The van der Waals surface area contributed by atoms with E-state index in [1.54, 1.807) is 11.0 Å². The van der Waals surface area contributed by atoms with E-state index in [4.69, 9.17) is 4.74 Å². The van der Waals surface area contributed by atoms with Gasteiger partial charge in [-0.3, -0.25) is 9.59 Å². The molecule has 1 saturated heterocycles. The first-order valence-electron chi connectivity index (χ1n) is 9.07. The van der Waals surface area contributed by atoms with Crippen LogP contribution in [-0.2, 0) is 22.4 Å². The molecule has 1 N–H and O–H groups in total. The van der Waals surface area contributed by atoms with Gasteiger partial charge in [0, 0.05) is 38.2 Å². The average Bonchev–Trinajstić information content (AvgIpc) is 2.59. The van der Waals surface area contributed by atoms with Crippen LogP contribution in [-0.4, -0.2) is 63.8 Å². The number of aromatic amines is 1. The molecule has 1 atom stereocenters. The highest BCUT2D eigenvalue weighted by Gasteiger charge is 2.32. The molecule has 1 aromatic rings. The van der Waals surface area contributed by atoms with Crippen molar-refractivity contribution in [1.82, 2.24) is 20.0 Å². The van der Waals surface area contributed by atoms with Crippen molar-refractivity contribution in [2.75, 3.05) is 26.2 Å². The lowest BCUT2D eigenvalue weighted by atomic mass is 9.86. The van der Waals surface area contributed by atoms with Crippen LogP contribution in [0.25, 0.3) is 0 Å². The second kappa shape index (κ2) is 7.09. The summed E-state index contributed by atoms with van der Waals surface area (Å²) in [6, 6.07) is 1.54. The van der Waals surface area contributed by atoms with Gasteiger partial charge in [-0.25, -0.2) is 9.89 Å². The Hall–Kier alpha value is -2.38. The smallest absolute Gasteiger partial charge is 0.410 e. The highest BCUT2D eigenvalue weighted by molar-refractivity contribution is 5.80. The van der Waals surface area contributed by atoms with E-state index in [1.165, 1.54) is 0 Å². The van der Waals surface area contributed by atoms with Crippen LogP contribution in [0.5, 0.6) is 0 Å². The quantitative estimate of drug-likeness (QED) is 0.803. The summed E-state index contributed by atoms with van der Waals surface area (Å²) < 4.78 is 5.38. The molecule has 2 heterocycles. The van der Waals surface area contributed by atoms with Gasteiger partial charge in [0.15, 0.2) is 0 Å². The second-order valence-corrected chi connectivity index (χ2v) is 7.94. The van der Waals surface area contributed by atoms with Gasteiger partial charge >= 0.3 is 6.09 Å². The van der Waals surface area contributed by atoms with E-state index in [0.29, 0.717) is 39.0 Å². The number of amides is 2. The zero-order valence-corrected chi connectivity index (χ0v) is 15.6. The number of ether oxygens (including phenoxy) is 1. The molecule has 0 saturated carbocycles. The summed E-state index contributed by atoms with van der Waals surface area (Å²) in [5, 5.41) is 6.51. The molecule has 2 aliphatic rings. The van der Waals surface area contributed by atoms with E-state index < -0.39 is 5.60 Å². The van der Waals surface area contributed by atoms with Crippen molar-refractivity contribution in [3.05, 3.63) is 27.7 Å². The monoisotopic (exact) mass is 362 g/mol. The third kappa shape index (κ3) is 4.23. The number of fused-ring (bicyclic) bond motifs is 1. The van der Waals surface area contributed by atoms with Gasteiger partial charge in [0.1, 0.15) is 5.60 Å². The summed E-state index contributed by atoms with van der Waals surface area (Å²) in [7, 11) is 0. The summed E-state index contributed by atoms with van der Waals surface area (Å²) in [4.78, 5) is 39.9. The highest BCUT2D eigenvalue weighted by Crippen LogP contribution is 2.25. The van der Waals surface area contributed by atoms with Crippen molar-refractivity contribution in [2.45, 2.75) is 45.6 Å². The molecule has 0 aromatic carbocycles. The zero-order chi connectivity index (χ0) is 18.9. The first kappa shape index (κ1) is 18.4. The van der Waals surface area contributed by atoms with Crippen LogP contribution in [0.1, 0.15) is 38.4 Å². The fourth-order valence-corrected chi connectivity index (χ4v) is 3.44. The van der Waals surface area contributed by atoms with Gasteiger partial charge in [0.25, 0.3) is 5.56 Å². The topological polar surface area (TPSA) is 95.6 Å². The molecule has 2 amide bonds. The van der Waals surface area contributed by atoms with Crippen molar-refractivity contribution in [2.24, 2.45) is 5.92 Å². The number of carbonyl (C=O) groups is 2. The average molecular weight is 362 g/mol. The maximum absolute atomic E-state index is 12.8. The Morgan fingerprint density at radius 1 is 1.19 bits per heavy atom. The molecule has 8 nitrogen and oxygen atoms in total. The molecule has 8 heteroatoms. The van der Waals surface area contributed by atoms with E-state index in [1.807, 2.05) is 25.7 Å². The molecule has 3 rings (SSSR count). The highest BCUT2D eigenvalue weighted by atomic mass is 16.6. The van der Waals surface area contributed by atoms with Crippen molar-refractivity contribution < 1.29 is 14.3 Å². The lowest BCUT2D eigenvalue weighted by Gasteiger charge is -2.37. The SMILES string of the molecule is CC(C)(C)OC(=O)N1CCN(C(=O)[C@H]2CCc3n[nH]c(=O)cc3C2)CC1. The summed E-state index contributed by atoms with van der Waals surface area (Å²) in [5.41, 5.74) is 0.989. The Morgan fingerprint density at radius 3 is 2.50 bits per heavy atom. The second-order valence-electron chi connectivity index (χ2n) is 7.94. The molecular formula is C18H26N4O4. The predicted octanol–water partition coefficient (Wildman–Crippen LogP) is 0.954. The molecule has 1 aromatic heterocycles. The molecule has 1 aliphatic heterocycles. The number of hydrogen-bond acceptors (Lipinski definition) is 5. The molecule has 1 fully saturated rings. The van der Waals surface area contributed by atoms with E-state index in [-0.39, 0.29) is 23.5 Å². The van der Waals surface area contributed by atoms with Gasteiger partial charge in [-0.1, -0.05) is 0 Å². The van der Waals surface area contributed by atoms with Crippen molar-refractivity contribution in [1.29, 1.82) is 0 Å². The van der Waals surface area contributed by atoms with Gasteiger partial charge in [-0.15, -0.1) is 0 Å². The molecule has 1 aliphatic carbocycles. The minimum absolute atomic E-state index is 0.0970. The maximum atomic E-state index is 12.8. The molecule has 142 valence electrons. The van der Waals surface area contributed by atoms with Crippen LogP contribution in [0.2, 0.25) is 0 Å². The Balaban J connectivity index is 1.56. The lowest BCUT2D eigenvalue weighted by Crippen LogP contribution is -2.53. The molecular weight excluding hydrogens is 336 g/mol. The van der Waals surface area contributed by atoms with Gasteiger partial charge in [0.05, 0.1) is 5.69 Å². The zero-order valence-electron chi connectivity index (χ0n) is 15.6. The van der Waals surface area contributed by atoms with E-state index in [9.17, 15) is 14.4 Å². The fraction of sp³-hybridized carbons (Fsp3) is 0.667. The van der Waals surface area contributed by atoms with E-state index in [2.05, 4.69) is 10.2 Å². The Morgan fingerprint density at radius 2 is 1.85 bits per heavy atom. The summed E-state index contributed by atoms with van der Waals surface area (Å²) >= 11 is 0. The van der Waals surface area contributed by atoms with Crippen LogP contribution >= 0.6 is 0 Å². The number of H-pyrrole nitrogens is 1. The first-order chi connectivity index (χ1) is 12.2. The van der Waals surface area contributed by atoms with Crippen LogP contribution in [0.4, 0.5) is 4.79 Å². The molecule has 0 unspecified atom stereocenters. The third-order valence-electron chi connectivity index (χ3n) is 4.77. The Bertz CT molecular complexity index is 744.